The van der Waals surface area contributed by atoms with Crippen LogP contribution in [0.2, 0.25) is 0 Å². The van der Waals surface area contributed by atoms with Gasteiger partial charge in [-0.15, -0.1) is 11.3 Å². The van der Waals surface area contributed by atoms with Gasteiger partial charge in [0.05, 0.1) is 35.0 Å². The molecule has 2 rings (SSSR count). The number of alkyl halides is 3. The highest BCUT2D eigenvalue weighted by molar-refractivity contribution is 7.09. The zero-order chi connectivity index (χ0) is 15.5. The number of aryl methyl sites for hydroxylation is 1. The Balaban J connectivity index is 2.05. The Bertz CT molecular complexity index is 674. The van der Waals surface area contributed by atoms with Crippen LogP contribution in [-0.2, 0) is 12.6 Å². The zero-order valence-electron chi connectivity index (χ0n) is 11.1. The topological polar surface area (TPSA) is 45.9 Å². The molecular weight excluding hydrogens is 301 g/mol. The predicted octanol–water partition coefficient (Wildman–Crippen LogP) is 3.96. The van der Waals surface area contributed by atoms with Gasteiger partial charge >= 0.3 is 6.18 Å². The lowest BCUT2D eigenvalue weighted by molar-refractivity contribution is -0.137. The minimum absolute atomic E-state index is 0.252. The molecule has 0 aliphatic carbocycles. The van der Waals surface area contributed by atoms with Gasteiger partial charge in [0.2, 0.25) is 0 Å². The smallest absolute Gasteiger partial charge is 0.417 e. The number of nitrogens with zero attached hydrogens (tertiary/aromatic N) is 2. The lowest BCUT2D eigenvalue weighted by Crippen LogP contribution is -2.08. The summed E-state index contributed by atoms with van der Waals surface area (Å²) in [5, 5.41) is 8.81. The summed E-state index contributed by atoms with van der Waals surface area (Å²) in [5.41, 5.74) is 1.27. The maximum Gasteiger partial charge on any atom is 0.417 e. The molecule has 110 valence electrons. The molecule has 0 bridgehead atoms. The van der Waals surface area contributed by atoms with Crippen LogP contribution in [0.15, 0.2) is 23.7 Å². The number of halogens is 3. The van der Waals surface area contributed by atoms with Gasteiger partial charge in [0.1, 0.15) is 5.75 Å². The fourth-order valence-electron chi connectivity index (χ4n) is 1.78. The molecule has 1 aromatic carbocycles. The summed E-state index contributed by atoms with van der Waals surface area (Å²) in [6, 6.07) is 4.75. The molecule has 1 aromatic heterocycles. The monoisotopic (exact) mass is 312 g/mol. The minimum atomic E-state index is -4.54. The Morgan fingerprint density at radius 3 is 2.71 bits per heavy atom. The van der Waals surface area contributed by atoms with Crippen LogP contribution in [0, 0.1) is 18.3 Å². The van der Waals surface area contributed by atoms with Gasteiger partial charge < -0.3 is 4.74 Å². The molecule has 0 saturated carbocycles. The van der Waals surface area contributed by atoms with Crippen LogP contribution < -0.4 is 4.74 Å². The van der Waals surface area contributed by atoms with Gasteiger partial charge in [-0.2, -0.15) is 18.4 Å². The SMILES string of the molecule is Cc1ncsc1CCOc1ccc(C(F)(F)F)c(C#N)c1. The molecule has 0 N–H and O–H groups in total. The van der Waals surface area contributed by atoms with Gasteiger partial charge in [0, 0.05) is 11.3 Å². The molecule has 0 aliphatic rings. The second-order valence-corrected chi connectivity index (χ2v) is 5.22. The number of ether oxygens (including phenoxy) is 1. The normalized spacial score (nSPS) is 11.2. The first-order valence-corrected chi connectivity index (χ1v) is 6.93. The second-order valence-electron chi connectivity index (χ2n) is 4.28. The number of rotatable bonds is 4. The average molecular weight is 312 g/mol. The third kappa shape index (κ3) is 3.73. The second kappa shape index (κ2) is 6.14. The lowest BCUT2D eigenvalue weighted by atomic mass is 10.1. The molecule has 0 aliphatic heterocycles. The van der Waals surface area contributed by atoms with E-state index in [0.717, 1.165) is 22.7 Å². The van der Waals surface area contributed by atoms with Gasteiger partial charge in [0.15, 0.2) is 0 Å². The average Bonchev–Trinajstić information content (AvgIpc) is 2.83. The third-order valence-electron chi connectivity index (χ3n) is 2.86. The summed E-state index contributed by atoms with van der Waals surface area (Å²) in [4.78, 5) is 5.17. The molecule has 2 aromatic rings. The fourth-order valence-corrected chi connectivity index (χ4v) is 2.54. The molecule has 21 heavy (non-hydrogen) atoms. The maximum absolute atomic E-state index is 12.7. The van der Waals surface area contributed by atoms with Crippen molar-refractivity contribution in [1.82, 2.24) is 4.98 Å². The summed E-state index contributed by atoms with van der Waals surface area (Å²) < 4.78 is 43.4. The van der Waals surface area contributed by atoms with E-state index in [-0.39, 0.29) is 5.75 Å². The molecule has 0 unspecified atom stereocenters. The third-order valence-corrected chi connectivity index (χ3v) is 3.85. The van der Waals surface area contributed by atoms with E-state index in [1.54, 1.807) is 11.6 Å². The molecular formula is C14H11F3N2OS. The highest BCUT2D eigenvalue weighted by atomic mass is 32.1. The van der Waals surface area contributed by atoms with Crippen molar-refractivity contribution in [1.29, 1.82) is 5.26 Å². The Labute approximate surface area is 123 Å². The zero-order valence-corrected chi connectivity index (χ0v) is 11.9. The van der Waals surface area contributed by atoms with Crippen LogP contribution in [0.5, 0.6) is 5.75 Å². The van der Waals surface area contributed by atoms with E-state index in [1.165, 1.54) is 17.4 Å². The summed E-state index contributed by atoms with van der Waals surface area (Å²) in [5.74, 6) is 0.252. The number of nitriles is 1. The predicted molar refractivity (Wildman–Crippen MR) is 72.2 cm³/mol. The van der Waals surface area contributed by atoms with Crippen LogP contribution in [0.3, 0.4) is 0 Å². The summed E-state index contributed by atoms with van der Waals surface area (Å²) >= 11 is 1.51. The first-order valence-electron chi connectivity index (χ1n) is 6.05. The maximum atomic E-state index is 12.7. The molecule has 0 radical (unpaired) electrons. The van der Waals surface area contributed by atoms with Crippen LogP contribution in [0.25, 0.3) is 0 Å². The Morgan fingerprint density at radius 1 is 1.38 bits per heavy atom. The first-order chi connectivity index (χ1) is 9.91. The van der Waals surface area contributed by atoms with Gasteiger partial charge in [-0.05, 0) is 25.1 Å². The molecule has 1 heterocycles. The van der Waals surface area contributed by atoms with Crippen molar-refractivity contribution in [2.45, 2.75) is 19.5 Å². The Kier molecular flexibility index (Phi) is 4.48. The number of hydrogen-bond donors (Lipinski definition) is 0. The van der Waals surface area contributed by atoms with Crippen molar-refractivity contribution in [3.63, 3.8) is 0 Å². The number of thiazole rings is 1. The van der Waals surface area contributed by atoms with Gasteiger partial charge in [-0.1, -0.05) is 0 Å². The van der Waals surface area contributed by atoms with Crippen molar-refractivity contribution in [3.05, 3.63) is 45.4 Å². The number of benzene rings is 1. The van der Waals surface area contributed by atoms with Crippen LogP contribution >= 0.6 is 11.3 Å². The quantitative estimate of drug-likeness (QED) is 0.858. The molecule has 7 heteroatoms. The van der Waals surface area contributed by atoms with E-state index in [1.807, 2.05) is 6.92 Å². The highest BCUT2D eigenvalue weighted by Crippen LogP contribution is 2.33. The van der Waals surface area contributed by atoms with Crippen LogP contribution in [0.4, 0.5) is 13.2 Å². The molecule has 0 saturated heterocycles. The Morgan fingerprint density at radius 2 is 2.14 bits per heavy atom. The molecule has 0 atom stereocenters. The molecule has 0 spiro atoms. The first kappa shape index (κ1) is 15.3. The summed E-state index contributed by atoms with van der Waals surface area (Å²) in [6.07, 6.45) is -3.91. The highest BCUT2D eigenvalue weighted by Gasteiger charge is 2.33. The van der Waals surface area contributed by atoms with Crippen molar-refractivity contribution < 1.29 is 17.9 Å². The van der Waals surface area contributed by atoms with Gasteiger partial charge in [-0.25, -0.2) is 4.98 Å². The van der Waals surface area contributed by atoms with E-state index in [9.17, 15) is 13.2 Å². The van der Waals surface area contributed by atoms with E-state index in [0.29, 0.717) is 13.0 Å². The van der Waals surface area contributed by atoms with E-state index in [2.05, 4.69) is 4.98 Å². The summed E-state index contributed by atoms with van der Waals surface area (Å²) in [7, 11) is 0. The largest absolute Gasteiger partial charge is 0.493 e. The van der Waals surface area contributed by atoms with Crippen LogP contribution in [0.1, 0.15) is 21.7 Å². The fraction of sp³-hybridized carbons (Fsp3) is 0.286. The van der Waals surface area contributed by atoms with Gasteiger partial charge in [0.25, 0.3) is 0 Å². The lowest BCUT2D eigenvalue weighted by Gasteiger charge is -2.11. The minimum Gasteiger partial charge on any atom is -0.493 e. The van der Waals surface area contributed by atoms with Crippen molar-refractivity contribution >= 4 is 11.3 Å². The molecule has 3 nitrogen and oxygen atoms in total. The van der Waals surface area contributed by atoms with Crippen molar-refractivity contribution in [2.75, 3.05) is 6.61 Å². The van der Waals surface area contributed by atoms with Crippen molar-refractivity contribution in [3.8, 4) is 11.8 Å². The van der Waals surface area contributed by atoms with Crippen molar-refractivity contribution in [2.24, 2.45) is 0 Å². The molecule has 0 fully saturated rings. The number of hydrogen-bond acceptors (Lipinski definition) is 4. The van der Waals surface area contributed by atoms with E-state index < -0.39 is 17.3 Å². The van der Waals surface area contributed by atoms with E-state index in [4.69, 9.17) is 10.00 Å². The van der Waals surface area contributed by atoms with E-state index >= 15 is 0 Å². The number of aromatic nitrogens is 1. The summed E-state index contributed by atoms with van der Waals surface area (Å²) in [6.45, 7) is 2.21. The standard InChI is InChI=1S/C14H11F3N2OS/c1-9-13(21-8-19-9)4-5-20-11-2-3-12(14(15,16)17)10(6-11)7-18/h2-3,6,8H,4-5H2,1H3. The molecule has 0 amide bonds. The Hall–Kier alpha value is -2.07. The van der Waals surface area contributed by atoms with Crippen LogP contribution in [-0.4, -0.2) is 11.6 Å². The van der Waals surface area contributed by atoms with Gasteiger partial charge in [-0.3, -0.25) is 0 Å².